The van der Waals surface area contributed by atoms with Gasteiger partial charge in [-0.3, -0.25) is 14.6 Å². The van der Waals surface area contributed by atoms with Gasteiger partial charge in [0.1, 0.15) is 11.5 Å². The molecule has 0 radical (unpaired) electrons. The van der Waals surface area contributed by atoms with E-state index in [1.165, 1.54) is 13.3 Å². The van der Waals surface area contributed by atoms with Crippen molar-refractivity contribution in [2.24, 2.45) is 0 Å². The number of amides is 1. The maximum absolute atomic E-state index is 12.7. The van der Waals surface area contributed by atoms with Crippen LogP contribution in [0.2, 0.25) is 0 Å². The molecule has 0 saturated carbocycles. The van der Waals surface area contributed by atoms with Gasteiger partial charge in [0.2, 0.25) is 0 Å². The zero-order chi connectivity index (χ0) is 14.5. The van der Waals surface area contributed by atoms with Crippen LogP contribution in [0.15, 0.2) is 18.5 Å². The van der Waals surface area contributed by atoms with Crippen LogP contribution in [0, 0.1) is 0 Å². The molecule has 1 aromatic heterocycles. The van der Waals surface area contributed by atoms with Crippen molar-refractivity contribution in [1.29, 1.82) is 0 Å². The third-order valence-electron chi connectivity index (χ3n) is 3.65. The molecule has 2 heterocycles. The van der Waals surface area contributed by atoms with Gasteiger partial charge in [0.25, 0.3) is 5.91 Å². The van der Waals surface area contributed by atoms with E-state index in [9.17, 15) is 9.59 Å². The van der Waals surface area contributed by atoms with Crippen molar-refractivity contribution in [2.75, 3.05) is 13.7 Å². The fourth-order valence-electron chi connectivity index (χ4n) is 2.69. The number of carbonyl (C=O) groups excluding carboxylic acids is 2. The lowest BCUT2D eigenvalue weighted by Gasteiger charge is -2.35. The van der Waals surface area contributed by atoms with Crippen molar-refractivity contribution in [1.82, 2.24) is 9.88 Å². The number of pyridine rings is 1. The van der Waals surface area contributed by atoms with Crippen LogP contribution in [0.4, 0.5) is 0 Å². The number of hydrogen-bond donors (Lipinski definition) is 0. The first-order valence-corrected chi connectivity index (χ1v) is 6.92. The number of aromatic nitrogens is 1. The summed E-state index contributed by atoms with van der Waals surface area (Å²) in [7, 11) is 1.52. The highest BCUT2D eigenvalue weighted by atomic mass is 16.5. The van der Waals surface area contributed by atoms with Crippen molar-refractivity contribution in [3.63, 3.8) is 0 Å². The van der Waals surface area contributed by atoms with Gasteiger partial charge in [-0.2, -0.15) is 0 Å². The molecule has 0 spiro atoms. The Morgan fingerprint density at radius 2 is 2.25 bits per heavy atom. The van der Waals surface area contributed by atoms with Gasteiger partial charge in [-0.15, -0.1) is 0 Å². The third kappa shape index (κ3) is 3.15. The standard InChI is InChI=1S/C15H20N2O3/c1-11(18)9-12-5-3-4-8-17(12)15(19)13-6-7-16-10-14(13)20-2/h6-7,10,12H,3-5,8-9H2,1-2H3. The van der Waals surface area contributed by atoms with Gasteiger partial charge in [-0.1, -0.05) is 0 Å². The van der Waals surface area contributed by atoms with Crippen LogP contribution in [-0.4, -0.2) is 41.3 Å². The largest absolute Gasteiger partial charge is 0.494 e. The highest BCUT2D eigenvalue weighted by molar-refractivity contribution is 5.97. The number of nitrogens with zero attached hydrogens (tertiary/aromatic N) is 2. The second-order valence-corrected chi connectivity index (χ2v) is 5.13. The fourth-order valence-corrected chi connectivity index (χ4v) is 2.69. The van der Waals surface area contributed by atoms with E-state index in [2.05, 4.69) is 4.98 Å². The Labute approximate surface area is 118 Å². The average molecular weight is 276 g/mol. The first-order chi connectivity index (χ1) is 9.63. The van der Waals surface area contributed by atoms with Crippen molar-refractivity contribution in [3.05, 3.63) is 24.0 Å². The molecule has 0 aromatic carbocycles. The second-order valence-electron chi connectivity index (χ2n) is 5.13. The molecule has 1 aliphatic heterocycles. The van der Waals surface area contributed by atoms with Gasteiger partial charge >= 0.3 is 0 Å². The lowest BCUT2D eigenvalue weighted by atomic mass is 9.97. The molecule has 0 bridgehead atoms. The number of carbonyl (C=O) groups is 2. The molecule has 108 valence electrons. The number of piperidine rings is 1. The monoisotopic (exact) mass is 276 g/mol. The summed E-state index contributed by atoms with van der Waals surface area (Å²) in [6.45, 7) is 2.27. The van der Waals surface area contributed by atoms with E-state index in [0.29, 0.717) is 24.3 Å². The molecule has 1 saturated heterocycles. The maximum Gasteiger partial charge on any atom is 0.257 e. The van der Waals surface area contributed by atoms with Crippen molar-refractivity contribution >= 4 is 11.7 Å². The SMILES string of the molecule is COc1cnccc1C(=O)N1CCCCC1CC(C)=O. The Morgan fingerprint density at radius 1 is 1.45 bits per heavy atom. The Kier molecular flexibility index (Phi) is 4.71. The molecule has 0 N–H and O–H groups in total. The van der Waals surface area contributed by atoms with E-state index in [4.69, 9.17) is 4.74 Å². The van der Waals surface area contributed by atoms with Crippen molar-refractivity contribution < 1.29 is 14.3 Å². The number of rotatable bonds is 4. The van der Waals surface area contributed by atoms with Gasteiger partial charge in [0.05, 0.1) is 18.9 Å². The predicted molar refractivity (Wildman–Crippen MR) is 74.8 cm³/mol. The minimum Gasteiger partial charge on any atom is -0.494 e. The molecule has 1 unspecified atom stereocenters. The summed E-state index contributed by atoms with van der Waals surface area (Å²) < 4.78 is 5.20. The van der Waals surface area contributed by atoms with Crippen LogP contribution in [0.25, 0.3) is 0 Å². The first kappa shape index (κ1) is 14.5. The van der Waals surface area contributed by atoms with Gasteiger partial charge in [0, 0.05) is 25.2 Å². The second kappa shape index (κ2) is 6.50. The highest BCUT2D eigenvalue weighted by Gasteiger charge is 2.29. The van der Waals surface area contributed by atoms with E-state index in [-0.39, 0.29) is 17.7 Å². The normalized spacial score (nSPS) is 18.7. The molecule has 1 atom stereocenters. The summed E-state index contributed by atoms with van der Waals surface area (Å²) in [6.07, 6.45) is 6.48. The van der Waals surface area contributed by atoms with E-state index in [1.807, 2.05) is 4.90 Å². The Bertz CT molecular complexity index is 502. The number of ketones is 1. The number of methoxy groups -OCH3 is 1. The summed E-state index contributed by atoms with van der Waals surface area (Å²) in [4.78, 5) is 29.8. The van der Waals surface area contributed by atoms with Gasteiger partial charge in [0.15, 0.2) is 0 Å². The highest BCUT2D eigenvalue weighted by Crippen LogP contribution is 2.25. The molecule has 5 nitrogen and oxygen atoms in total. The third-order valence-corrected chi connectivity index (χ3v) is 3.65. The Morgan fingerprint density at radius 3 is 2.95 bits per heavy atom. The predicted octanol–water partition coefficient (Wildman–Crippen LogP) is 2.06. The molecular formula is C15H20N2O3. The quantitative estimate of drug-likeness (QED) is 0.844. The van der Waals surface area contributed by atoms with Crippen molar-refractivity contribution in [3.8, 4) is 5.75 Å². The summed E-state index contributed by atoms with van der Waals surface area (Å²) in [5.74, 6) is 0.524. The van der Waals surface area contributed by atoms with Crippen LogP contribution in [0.1, 0.15) is 43.0 Å². The zero-order valence-electron chi connectivity index (χ0n) is 12.0. The van der Waals surface area contributed by atoms with Crippen molar-refractivity contribution in [2.45, 2.75) is 38.6 Å². The van der Waals surface area contributed by atoms with E-state index in [0.717, 1.165) is 19.3 Å². The number of ether oxygens (including phenoxy) is 1. The van der Waals surface area contributed by atoms with Crippen LogP contribution in [-0.2, 0) is 4.79 Å². The lowest BCUT2D eigenvalue weighted by molar-refractivity contribution is -0.118. The zero-order valence-corrected chi connectivity index (χ0v) is 12.0. The van der Waals surface area contributed by atoms with Gasteiger partial charge in [-0.25, -0.2) is 0 Å². The Hall–Kier alpha value is -1.91. The smallest absolute Gasteiger partial charge is 0.257 e. The number of hydrogen-bond acceptors (Lipinski definition) is 4. The topological polar surface area (TPSA) is 59.5 Å². The van der Waals surface area contributed by atoms with Crippen LogP contribution in [0.5, 0.6) is 5.75 Å². The van der Waals surface area contributed by atoms with Gasteiger partial charge < -0.3 is 9.64 Å². The molecule has 1 aliphatic rings. The molecule has 1 aromatic rings. The van der Waals surface area contributed by atoms with E-state index >= 15 is 0 Å². The minimum absolute atomic E-state index is 0.00613. The minimum atomic E-state index is -0.0739. The summed E-state index contributed by atoms with van der Waals surface area (Å²) in [6, 6.07) is 1.67. The maximum atomic E-state index is 12.7. The molecule has 5 heteroatoms. The first-order valence-electron chi connectivity index (χ1n) is 6.92. The van der Waals surface area contributed by atoms with E-state index < -0.39 is 0 Å². The summed E-state index contributed by atoms with van der Waals surface area (Å²) in [5, 5.41) is 0. The Balaban J connectivity index is 2.23. The fraction of sp³-hybridized carbons (Fsp3) is 0.533. The van der Waals surface area contributed by atoms with E-state index in [1.54, 1.807) is 19.2 Å². The summed E-state index contributed by atoms with van der Waals surface area (Å²) in [5.41, 5.74) is 0.512. The van der Waals surface area contributed by atoms with Crippen LogP contribution >= 0.6 is 0 Å². The molecule has 1 amide bonds. The number of Topliss-reactive ketones (excluding diaryl/α,β-unsaturated/α-hetero) is 1. The lowest BCUT2D eigenvalue weighted by Crippen LogP contribution is -2.44. The summed E-state index contributed by atoms with van der Waals surface area (Å²) >= 11 is 0. The van der Waals surface area contributed by atoms with Crippen LogP contribution in [0.3, 0.4) is 0 Å². The molecule has 20 heavy (non-hydrogen) atoms. The molecule has 1 fully saturated rings. The molecule has 2 rings (SSSR count). The van der Waals surface area contributed by atoms with Gasteiger partial charge in [-0.05, 0) is 32.3 Å². The van der Waals surface area contributed by atoms with Crippen LogP contribution < -0.4 is 4.74 Å². The molecular weight excluding hydrogens is 256 g/mol. The average Bonchev–Trinajstić information content (AvgIpc) is 2.46. The molecule has 0 aliphatic carbocycles. The number of likely N-dealkylation sites (tertiary alicyclic amines) is 1.